The number of hydrogen-bond donors (Lipinski definition) is 7. The summed E-state index contributed by atoms with van der Waals surface area (Å²) in [4.78, 5) is 41.4. The minimum atomic E-state index is -4.84. The number of nitrogens with two attached hydrogens (primary N) is 1. The maximum Gasteiger partial charge on any atom is 0.524 e. The van der Waals surface area contributed by atoms with Gasteiger partial charge in [0.05, 0.1) is 0 Å². The van der Waals surface area contributed by atoms with Crippen LogP contribution in [-0.2, 0) is 20.6 Å². The van der Waals surface area contributed by atoms with Gasteiger partial charge in [-0.3, -0.25) is 20.4 Å². The fourth-order valence-electron chi connectivity index (χ4n) is 2.30. The lowest BCUT2D eigenvalue weighted by molar-refractivity contribution is -0.144. The standard InChI is InChI=1S/C15H24N3O8P/c1-8(2)12(13(20)21)17-14(22)15(3,18-16)7-9-4-5-11(10(19)6-9)26-27(23,24)25/h4-6,8,12,18-19H,7,16H2,1-3H3,(H,17,22)(H,20,21)(H2,23,24,25)/t12-,15?/m0/s1. The number of hydrazine groups is 1. The van der Waals surface area contributed by atoms with Crippen molar-refractivity contribution in [2.75, 3.05) is 0 Å². The molecule has 12 heteroatoms. The van der Waals surface area contributed by atoms with Crippen LogP contribution in [0.1, 0.15) is 26.3 Å². The molecule has 11 nitrogen and oxygen atoms in total. The van der Waals surface area contributed by atoms with E-state index >= 15 is 0 Å². The van der Waals surface area contributed by atoms with E-state index in [1.54, 1.807) is 13.8 Å². The zero-order valence-corrected chi connectivity index (χ0v) is 15.9. The molecule has 2 atom stereocenters. The number of carboxylic acid groups (broad SMARTS) is 1. The van der Waals surface area contributed by atoms with Gasteiger partial charge in [0, 0.05) is 6.42 Å². The van der Waals surface area contributed by atoms with Gasteiger partial charge >= 0.3 is 13.8 Å². The first-order chi connectivity index (χ1) is 12.3. The fourth-order valence-corrected chi connectivity index (χ4v) is 2.71. The number of carboxylic acids is 1. The SMILES string of the molecule is CC(C)[C@H](NC(=O)C(C)(Cc1ccc(OP(=O)(O)O)c(O)c1)NN)C(=O)O. The summed E-state index contributed by atoms with van der Waals surface area (Å²) >= 11 is 0. The van der Waals surface area contributed by atoms with Crippen molar-refractivity contribution in [3.8, 4) is 11.5 Å². The van der Waals surface area contributed by atoms with Crippen LogP contribution in [0.2, 0.25) is 0 Å². The number of nitrogens with one attached hydrogen (secondary N) is 2. The van der Waals surface area contributed by atoms with E-state index in [0.29, 0.717) is 5.56 Å². The molecule has 0 heterocycles. The number of rotatable bonds is 9. The number of phosphoric acid groups is 1. The molecular formula is C15H24N3O8P. The van der Waals surface area contributed by atoms with Crippen molar-refractivity contribution in [2.45, 2.75) is 38.8 Å². The second-order valence-electron chi connectivity index (χ2n) is 6.57. The van der Waals surface area contributed by atoms with Gasteiger partial charge in [-0.1, -0.05) is 19.9 Å². The first-order valence-corrected chi connectivity index (χ1v) is 9.40. The molecule has 0 saturated carbocycles. The zero-order valence-electron chi connectivity index (χ0n) is 15.0. The van der Waals surface area contributed by atoms with Crippen molar-refractivity contribution in [1.29, 1.82) is 0 Å². The number of aromatic hydroxyl groups is 1. The van der Waals surface area contributed by atoms with E-state index in [9.17, 15) is 24.4 Å². The molecule has 1 aromatic rings. The van der Waals surface area contributed by atoms with Crippen molar-refractivity contribution in [3.05, 3.63) is 23.8 Å². The molecule has 152 valence electrons. The molecule has 0 bridgehead atoms. The van der Waals surface area contributed by atoms with Crippen molar-refractivity contribution in [3.63, 3.8) is 0 Å². The number of benzene rings is 1. The van der Waals surface area contributed by atoms with Crippen LogP contribution in [0, 0.1) is 5.92 Å². The van der Waals surface area contributed by atoms with Crippen LogP contribution in [0.25, 0.3) is 0 Å². The molecule has 0 aliphatic carbocycles. The average Bonchev–Trinajstić information content (AvgIpc) is 2.53. The van der Waals surface area contributed by atoms with E-state index in [1.165, 1.54) is 13.0 Å². The normalized spacial score (nSPS) is 15.1. The average molecular weight is 405 g/mol. The van der Waals surface area contributed by atoms with Crippen LogP contribution in [0.4, 0.5) is 0 Å². The molecule has 1 rings (SSSR count). The monoisotopic (exact) mass is 405 g/mol. The minimum Gasteiger partial charge on any atom is -0.504 e. The van der Waals surface area contributed by atoms with Crippen LogP contribution >= 0.6 is 7.82 Å². The molecule has 0 aliphatic rings. The van der Waals surface area contributed by atoms with Crippen LogP contribution in [0.5, 0.6) is 11.5 Å². The van der Waals surface area contributed by atoms with Gasteiger partial charge in [0.15, 0.2) is 11.5 Å². The first kappa shape index (κ1) is 22.9. The van der Waals surface area contributed by atoms with Crippen LogP contribution in [0.3, 0.4) is 0 Å². The molecule has 27 heavy (non-hydrogen) atoms. The molecule has 1 amide bonds. The smallest absolute Gasteiger partial charge is 0.504 e. The Morgan fingerprint density at radius 3 is 2.33 bits per heavy atom. The zero-order chi connectivity index (χ0) is 21.0. The lowest BCUT2D eigenvalue weighted by Gasteiger charge is -2.30. The summed E-state index contributed by atoms with van der Waals surface area (Å²) in [6.45, 7) is 4.73. The molecular weight excluding hydrogens is 381 g/mol. The highest BCUT2D eigenvalue weighted by Crippen LogP contribution is 2.41. The Morgan fingerprint density at radius 2 is 1.93 bits per heavy atom. The van der Waals surface area contributed by atoms with Gasteiger partial charge in [-0.2, -0.15) is 0 Å². The Hall–Kier alpha value is -2.17. The van der Waals surface area contributed by atoms with Gasteiger partial charge in [0.2, 0.25) is 5.91 Å². The Morgan fingerprint density at radius 1 is 1.33 bits per heavy atom. The number of phenolic OH excluding ortho intramolecular Hbond substituents is 1. The number of amides is 1. The Labute approximate surface area is 155 Å². The molecule has 1 aromatic carbocycles. The summed E-state index contributed by atoms with van der Waals surface area (Å²) in [6.07, 6.45) is -0.0521. The molecule has 1 unspecified atom stereocenters. The van der Waals surface area contributed by atoms with E-state index in [0.717, 1.165) is 12.1 Å². The van der Waals surface area contributed by atoms with Crippen molar-refractivity contribution >= 4 is 19.7 Å². The molecule has 0 saturated heterocycles. The number of phenols is 1. The summed E-state index contributed by atoms with van der Waals surface area (Å²) in [5, 5.41) is 21.5. The molecule has 0 aromatic heterocycles. The van der Waals surface area contributed by atoms with Gasteiger partial charge < -0.3 is 20.1 Å². The van der Waals surface area contributed by atoms with Gasteiger partial charge in [-0.15, -0.1) is 0 Å². The van der Waals surface area contributed by atoms with E-state index in [-0.39, 0.29) is 12.3 Å². The number of phosphoric ester groups is 1. The third kappa shape index (κ3) is 6.49. The first-order valence-electron chi connectivity index (χ1n) is 7.87. The largest absolute Gasteiger partial charge is 0.524 e. The lowest BCUT2D eigenvalue weighted by Crippen LogP contribution is -2.62. The minimum absolute atomic E-state index is 0.0521. The third-order valence-corrected chi connectivity index (χ3v) is 4.27. The van der Waals surface area contributed by atoms with Gasteiger partial charge in [-0.05, 0) is 30.5 Å². The predicted octanol–water partition coefficient (Wildman–Crippen LogP) is -0.146. The molecule has 0 radical (unpaired) electrons. The van der Waals surface area contributed by atoms with E-state index in [2.05, 4.69) is 15.3 Å². The van der Waals surface area contributed by atoms with Gasteiger partial charge in [0.1, 0.15) is 11.6 Å². The van der Waals surface area contributed by atoms with E-state index in [1.807, 2.05) is 0 Å². The maximum atomic E-state index is 12.6. The number of carbonyl (C=O) groups is 2. The molecule has 0 spiro atoms. The van der Waals surface area contributed by atoms with Crippen LogP contribution in [0.15, 0.2) is 18.2 Å². The third-order valence-electron chi connectivity index (χ3n) is 3.84. The van der Waals surface area contributed by atoms with E-state index < -0.39 is 42.8 Å². The Bertz CT molecular complexity index is 751. The predicted molar refractivity (Wildman–Crippen MR) is 94.6 cm³/mol. The van der Waals surface area contributed by atoms with Gasteiger partial charge in [-0.25, -0.2) is 14.8 Å². The summed E-state index contributed by atoms with van der Waals surface area (Å²) in [5.41, 5.74) is 1.31. The van der Waals surface area contributed by atoms with E-state index in [4.69, 9.17) is 15.6 Å². The van der Waals surface area contributed by atoms with Crippen LogP contribution < -0.4 is 21.1 Å². The number of hydrogen-bond acceptors (Lipinski definition) is 7. The highest BCUT2D eigenvalue weighted by atomic mass is 31.2. The Balaban J connectivity index is 3.01. The number of aliphatic carboxylic acids is 1. The number of carbonyl (C=O) groups excluding carboxylic acids is 1. The van der Waals surface area contributed by atoms with Crippen molar-refractivity contribution in [2.24, 2.45) is 11.8 Å². The van der Waals surface area contributed by atoms with Crippen molar-refractivity contribution in [1.82, 2.24) is 10.7 Å². The summed E-state index contributed by atoms with van der Waals surface area (Å²) in [6, 6.07) is 2.56. The summed E-state index contributed by atoms with van der Waals surface area (Å²) < 4.78 is 15.2. The van der Waals surface area contributed by atoms with Gasteiger partial charge in [0.25, 0.3) is 0 Å². The molecule has 8 N–H and O–H groups in total. The quantitative estimate of drug-likeness (QED) is 0.165. The highest BCUT2D eigenvalue weighted by molar-refractivity contribution is 7.46. The lowest BCUT2D eigenvalue weighted by atomic mass is 9.91. The second kappa shape index (κ2) is 8.68. The fraction of sp³-hybridized carbons (Fsp3) is 0.467. The maximum absolute atomic E-state index is 12.6. The second-order valence-corrected chi connectivity index (χ2v) is 7.73. The topological polar surface area (TPSA) is 191 Å². The van der Waals surface area contributed by atoms with Crippen molar-refractivity contribution < 1.29 is 38.7 Å². The summed E-state index contributed by atoms with van der Waals surface area (Å²) in [5.74, 6) is 2.31. The van der Waals surface area contributed by atoms with Crippen LogP contribution in [-0.4, -0.2) is 43.5 Å². The Kier molecular flexibility index (Phi) is 7.35. The highest BCUT2D eigenvalue weighted by Gasteiger charge is 2.36. The molecule has 0 fully saturated rings. The molecule has 0 aliphatic heterocycles. The summed E-state index contributed by atoms with van der Waals surface area (Å²) in [7, 11) is -4.84.